The Hall–Kier alpha value is -4.36. The lowest BCUT2D eigenvalue weighted by molar-refractivity contribution is -0.133. The number of rotatable bonds is 6. The topological polar surface area (TPSA) is 59.3 Å². The number of benzene rings is 4. The number of hydrogen-bond acceptors (Lipinski definition) is 4. The van der Waals surface area contributed by atoms with Gasteiger partial charge < -0.3 is 9.47 Å². The van der Waals surface area contributed by atoms with E-state index in [0.29, 0.717) is 17.1 Å². The van der Waals surface area contributed by atoms with Crippen molar-refractivity contribution in [2.24, 2.45) is 0 Å². The van der Waals surface area contributed by atoms with Crippen LogP contribution < -0.4 is 9.47 Å². The third-order valence-corrected chi connectivity index (χ3v) is 5.14. The number of hydrogen-bond donors (Lipinski definition) is 0. The van der Waals surface area contributed by atoms with Gasteiger partial charge in [-0.2, -0.15) is 5.26 Å². The predicted molar refractivity (Wildman–Crippen MR) is 126 cm³/mol. The summed E-state index contributed by atoms with van der Waals surface area (Å²) >= 11 is 0. The van der Waals surface area contributed by atoms with Gasteiger partial charge >= 0.3 is 5.97 Å². The van der Waals surface area contributed by atoms with Crippen molar-refractivity contribution in [2.75, 3.05) is 7.11 Å². The van der Waals surface area contributed by atoms with Crippen LogP contribution in [0.3, 0.4) is 0 Å². The molecule has 4 heteroatoms. The van der Waals surface area contributed by atoms with E-state index in [2.05, 4.69) is 6.07 Å². The number of carbonyl (C=O) groups is 1. The van der Waals surface area contributed by atoms with Gasteiger partial charge in [0, 0.05) is 0 Å². The Labute approximate surface area is 187 Å². The zero-order valence-electron chi connectivity index (χ0n) is 17.6. The number of nitriles is 1. The van der Waals surface area contributed by atoms with Crippen LogP contribution in [0.15, 0.2) is 91.0 Å². The Kier molecular flexibility index (Phi) is 6.29. The largest absolute Gasteiger partial charge is 0.493 e. The van der Waals surface area contributed by atoms with E-state index in [-0.39, 0.29) is 12.4 Å². The maximum atomic E-state index is 12.7. The molecule has 0 aliphatic carbocycles. The molecule has 0 heterocycles. The van der Waals surface area contributed by atoms with Crippen molar-refractivity contribution in [2.45, 2.75) is 6.42 Å². The minimum absolute atomic E-state index is 0.152. The smallest absolute Gasteiger partial charge is 0.315 e. The molecule has 0 saturated heterocycles. The standard InChI is InChI=1S/C28H21NO3/c1-31-27-17-20(16-24(19-29)21-8-3-2-4-9-21)14-15-26(27)32-28(30)18-23-12-7-11-22-10-5-6-13-25(22)23/h2-17H,18H2,1H3. The Bertz CT molecular complexity index is 1330. The molecule has 4 rings (SSSR count). The van der Waals surface area contributed by atoms with Crippen LogP contribution in [0.4, 0.5) is 0 Å². The molecule has 0 atom stereocenters. The van der Waals surface area contributed by atoms with Gasteiger partial charge in [0.25, 0.3) is 0 Å². The summed E-state index contributed by atoms with van der Waals surface area (Å²) in [6.07, 6.45) is 1.93. The van der Waals surface area contributed by atoms with Crippen LogP contribution in [0.2, 0.25) is 0 Å². The van der Waals surface area contributed by atoms with E-state index in [4.69, 9.17) is 9.47 Å². The Morgan fingerprint density at radius 1 is 0.906 bits per heavy atom. The molecule has 0 fully saturated rings. The van der Waals surface area contributed by atoms with Gasteiger partial charge in [0.1, 0.15) is 0 Å². The van der Waals surface area contributed by atoms with Gasteiger partial charge in [-0.15, -0.1) is 0 Å². The summed E-state index contributed by atoms with van der Waals surface area (Å²) < 4.78 is 11.0. The van der Waals surface area contributed by atoms with Gasteiger partial charge in [-0.25, -0.2) is 0 Å². The second-order valence-corrected chi connectivity index (χ2v) is 7.24. The molecule has 156 valence electrons. The van der Waals surface area contributed by atoms with Crippen molar-refractivity contribution in [1.82, 2.24) is 0 Å². The maximum absolute atomic E-state index is 12.7. The first-order valence-electron chi connectivity index (χ1n) is 10.2. The highest BCUT2D eigenvalue weighted by atomic mass is 16.6. The number of nitrogens with zero attached hydrogens (tertiary/aromatic N) is 1. The first kappa shape index (κ1) is 20.9. The number of methoxy groups -OCH3 is 1. The van der Waals surface area contributed by atoms with Crippen molar-refractivity contribution < 1.29 is 14.3 Å². The summed E-state index contributed by atoms with van der Waals surface area (Å²) in [4.78, 5) is 12.7. The summed E-state index contributed by atoms with van der Waals surface area (Å²) in [5.74, 6) is 0.397. The van der Waals surface area contributed by atoms with Gasteiger partial charge in [0.15, 0.2) is 11.5 Å². The van der Waals surface area contributed by atoms with E-state index < -0.39 is 0 Å². The minimum Gasteiger partial charge on any atom is -0.493 e. The summed E-state index contributed by atoms with van der Waals surface area (Å²) in [6.45, 7) is 0. The van der Waals surface area contributed by atoms with Gasteiger partial charge in [0.2, 0.25) is 0 Å². The van der Waals surface area contributed by atoms with Gasteiger partial charge in [-0.05, 0) is 45.7 Å². The lowest BCUT2D eigenvalue weighted by atomic mass is 10.0. The zero-order valence-corrected chi connectivity index (χ0v) is 17.6. The number of carbonyl (C=O) groups excluding carboxylic acids is 1. The maximum Gasteiger partial charge on any atom is 0.315 e. The van der Waals surface area contributed by atoms with Crippen LogP contribution in [-0.4, -0.2) is 13.1 Å². The third-order valence-electron chi connectivity index (χ3n) is 5.14. The van der Waals surface area contributed by atoms with Gasteiger partial charge in [0.05, 0.1) is 25.2 Å². The fourth-order valence-corrected chi connectivity index (χ4v) is 3.58. The molecule has 32 heavy (non-hydrogen) atoms. The summed E-state index contributed by atoms with van der Waals surface area (Å²) in [5.41, 5.74) is 3.05. The molecule has 4 aromatic rings. The SMILES string of the molecule is COc1cc(C=C(C#N)c2ccccc2)ccc1OC(=O)Cc1cccc2ccccc12. The summed E-state index contributed by atoms with van der Waals surface area (Å²) in [5, 5.41) is 11.7. The van der Waals surface area contributed by atoms with Crippen molar-refractivity contribution in [1.29, 1.82) is 5.26 Å². The monoisotopic (exact) mass is 419 g/mol. The number of fused-ring (bicyclic) bond motifs is 1. The van der Waals surface area contributed by atoms with Crippen LogP contribution in [-0.2, 0) is 11.2 Å². The van der Waals surface area contributed by atoms with E-state index in [0.717, 1.165) is 27.5 Å². The van der Waals surface area contributed by atoms with Crippen molar-refractivity contribution >= 4 is 28.4 Å². The van der Waals surface area contributed by atoms with E-state index in [9.17, 15) is 10.1 Å². The molecule has 0 amide bonds. The van der Waals surface area contributed by atoms with Crippen LogP contribution in [0.1, 0.15) is 16.7 Å². The molecule has 0 aliphatic rings. The lowest BCUT2D eigenvalue weighted by Gasteiger charge is -2.11. The van der Waals surface area contributed by atoms with E-state index in [1.165, 1.54) is 7.11 Å². The Balaban J connectivity index is 1.55. The fourth-order valence-electron chi connectivity index (χ4n) is 3.58. The molecule has 4 aromatic carbocycles. The van der Waals surface area contributed by atoms with Gasteiger partial charge in [-0.1, -0.05) is 78.9 Å². The molecule has 0 unspecified atom stereocenters. The highest BCUT2D eigenvalue weighted by molar-refractivity contribution is 5.91. The minimum atomic E-state index is -0.370. The average Bonchev–Trinajstić information content (AvgIpc) is 2.84. The molecule has 0 radical (unpaired) electrons. The van der Waals surface area contributed by atoms with Crippen LogP contribution in [0, 0.1) is 11.3 Å². The molecule has 0 aromatic heterocycles. The number of esters is 1. The molecular weight excluding hydrogens is 398 g/mol. The summed E-state index contributed by atoms with van der Waals surface area (Å²) in [6, 6.07) is 30.7. The van der Waals surface area contributed by atoms with E-state index in [1.54, 1.807) is 24.3 Å². The van der Waals surface area contributed by atoms with E-state index in [1.807, 2.05) is 72.8 Å². The zero-order chi connectivity index (χ0) is 22.3. The molecule has 0 N–H and O–H groups in total. The second kappa shape index (κ2) is 9.63. The van der Waals surface area contributed by atoms with Crippen LogP contribution >= 0.6 is 0 Å². The number of allylic oxidation sites excluding steroid dienone is 1. The molecule has 0 spiro atoms. The molecule has 4 nitrogen and oxygen atoms in total. The van der Waals surface area contributed by atoms with Gasteiger partial charge in [-0.3, -0.25) is 4.79 Å². The molecule has 0 bridgehead atoms. The van der Waals surface area contributed by atoms with Crippen molar-refractivity contribution in [3.8, 4) is 17.6 Å². The third kappa shape index (κ3) is 4.69. The Morgan fingerprint density at radius 3 is 2.44 bits per heavy atom. The quantitative estimate of drug-likeness (QED) is 0.165. The van der Waals surface area contributed by atoms with Crippen LogP contribution in [0.25, 0.3) is 22.4 Å². The molecule has 0 aliphatic heterocycles. The van der Waals surface area contributed by atoms with Crippen LogP contribution in [0.5, 0.6) is 11.5 Å². The second-order valence-electron chi connectivity index (χ2n) is 7.24. The summed E-state index contributed by atoms with van der Waals surface area (Å²) in [7, 11) is 1.52. The number of ether oxygens (including phenoxy) is 2. The first-order chi connectivity index (χ1) is 15.7. The fraction of sp³-hybridized carbons (Fsp3) is 0.0714. The van der Waals surface area contributed by atoms with E-state index >= 15 is 0 Å². The highest BCUT2D eigenvalue weighted by Crippen LogP contribution is 2.30. The Morgan fingerprint density at radius 2 is 1.66 bits per heavy atom. The average molecular weight is 419 g/mol. The molecule has 0 saturated carbocycles. The predicted octanol–water partition coefficient (Wildman–Crippen LogP) is 6.06. The van der Waals surface area contributed by atoms with Crippen molar-refractivity contribution in [3.05, 3.63) is 108 Å². The first-order valence-corrected chi connectivity index (χ1v) is 10.2. The normalized spacial score (nSPS) is 11.1. The lowest BCUT2D eigenvalue weighted by Crippen LogP contribution is -2.12. The van der Waals surface area contributed by atoms with Crippen molar-refractivity contribution in [3.63, 3.8) is 0 Å². The highest BCUT2D eigenvalue weighted by Gasteiger charge is 2.13. The molecular formula is C28H21NO3.